The lowest BCUT2D eigenvalue weighted by Crippen LogP contribution is -2.46. The minimum absolute atomic E-state index is 0.125. The van der Waals surface area contributed by atoms with Crippen LogP contribution in [-0.4, -0.2) is 40.5 Å². The van der Waals surface area contributed by atoms with E-state index in [2.05, 4.69) is 39.5 Å². The molecule has 21 heavy (non-hydrogen) atoms. The van der Waals surface area contributed by atoms with E-state index in [0.717, 1.165) is 22.7 Å². The summed E-state index contributed by atoms with van der Waals surface area (Å²) in [4.78, 5) is 6.80. The van der Waals surface area contributed by atoms with E-state index in [9.17, 15) is 0 Å². The molecular weight excluding hydrogens is 288 g/mol. The minimum Gasteiger partial charge on any atom is -0.378 e. The highest BCUT2D eigenvalue weighted by Gasteiger charge is 2.40. The number of rotatable bonds is 3. The van der Waals surface area contributed by atoms with Crippen molar-refractivity contribution in [1.29, 1.82) is 0 Å². The molecule has 0 amide bonds. The van der Waals surface area contributed by atoms with Gasteiger partial charge >= 0.3 is 0 Å². The Labute approximate surface area is 132 Å². The number of halogens is 1. The van der Waals surface area contributed by atoms with Crippen molar-refractivity contribution < 1.29 is 4.74 Å². The highest BCUT2D eigenvalue weighted by molar-refractivity contribution is 6.34. The average molecular weight is 313 g/mol. The maximum atomic E-state index is 6.65. The molecule has 2 aliphatic heterocycles. The zero-order valence-corrected chi connectivity index (χ0v) is 14.5. The SMILES string of the molecule is CCOCC1N=C2C(C)=C(C)N(C(C)(C)C)C(Cl)=C2N1N. The van der Waals surface area contributed by atoms with Gasteiger partial charge in [0.2, 0.25) is 0 Å². The molecule has 0 saturated carbocycles. The Morgan fingerprint density at radius 2 is 1.95 bits per heavy atom. The zero-order chi connectivity index (χ0) is 15.9. The molecule has 2 aliphatic rings. The normalized spacial score (nSPS) is 23.0. The third kappa shape index (κ3) is 2.70. The van der Waals surface area contributed by atoms with Crippen LogP contribution in [0.4, 0.5) is 0 Å². The smallest absolute Gasteiger partial charge is 0.159 e. The van der Waals surface area contributed by atoms with Crippen molar-refractivity contribution in [2.75, 3.05) is 13.2 Å². The molecule has 118 valence electrons. The number of hydrogen-bond acceptors (Lipinski definition) is 5. The van der Waals surface area contributed by atoms with Crippen LogP contribution >= 0.6 is 11.6 Å². The summed E-state index contributed by atoms with van der Waals surface area (Å²) in [6, 6.07) is 0. The summed E-state index contributed by atoms with van der Waals surface area (Å²) >= 11 is 6.65. The van der Waals surface area contributed by atoms with E-state index in [1.165, 1.54) is 0 Å². The Morgan fingerprint density at radius 1 is 1.33 bits per heavy atom. The standard InChI is InChI=1S/C15H25ClN4O/c1-7-21-8-11-18-12-9(2)10(3)19(15(4,5)6)14(16)13(12)20(11)17/h11H,7-8,17H2,1-6H3. The van der Waals surface area contributed by atoms with Gasteiger partial charge in [-0.05, 0) is 47.1 Å². The number of aliphatic imine (C=N–C) groups is 1. The van der Waals surface area contributed by atoms with Crippen LogP contribution in [0.1, 0.15) is 41.5 Å². The number of hydrogen-bond donors (Lipinski definition) is 1. The van der Waals surface area contributed by atoms with Crippen molar-refractivity contribution in [3.05, 3.63) is 22.1 Å². The van der Waals surface area contributed by atoms with Crippen molar-refractivity contribution in [2.24, 2.45) is 10.8 Å². The monoisotopic (exact) mass is 312 g/mol. The number of allylic oxidation sites excluding steroid dienone is 2. The average Bonchev–Trinajstić information content (AvgIpc) is 2.70. The summed E-state index contributed by atoms with van der Waals surface area (Å²) in [5, 5.41) is 2.26. The molecule has 2 N–H and O–H groups in total. The van der Waals surface area contributed by atoms with Crippen LogP contribution in [-0.2, 0) is 4.74 Å². The number of fused-ring (bicyclic) bond motifs is 1. The third-order valence-corrected chi connectivity index (χ3v) is 4.20. The highest BCUT2D eigenvalue weighted by atomic mass is 35.5. The van der Waals surface area contributed by atoms with Crippen LogP contribution in [0.25, 0.3) is 0 Å². The van der Waals surface area contributed by atoms with Gasteiger partial charge in [-0.3, -0.25) is 10.0 Å². The van der Waals surface area contributed by atoms with Gasteiger partial charge in [0.05, 0.1) is 12.3 Å². The Bertz CT molecular complexity index is 530. The van der Waals surface area contributed by atoms with Crippen LogP contribution in [0.15, 0.2) is 27.1 Å². The molecule has 5 nitrogen and oxygen atoms in total. The predicted octanol–water partition coefficient (Wildman–Crippen LogP) is 2.80. The fraction of sp³-hybridized carbons (Fsp3) is 0.667. The lowest BCUT2D eigenvalue weighted by molar-refractivity contribution is 0.0908. The first-order valence-corrected chi connectivity index (χ1v) is 7.65. The number of nitrogens with two attached hydrogens (primary N) is 1. The molecule has 0 fully saturated rings. The third-order valence-electron chi connectivity index (χ3n) is 3.85. The van der Waals surface area contributed by atoms with Gasteiger partial charge < -0.3 is 9.64 Å². The van der Waals surface area contributed by atoms with Gasteiger partial charge in [-0.25, -0.2) is 5.84 Å². The van der Waals surface area contributed by atoms with Crippen molar-refractivity contribution >= 4 is 17.3 Å². The van der Waals surface area contributed by atoms with Crippen molar-refractivity contribution in [3.63, 3.8) is 0 Å². The number of nitrogens with zero attached hydrogens (tertiary/aromatic N) is 3. The van der Waals surface area contributed by atoms with E-state index >= 15 is 0 Å². The van der Waals surface area contributed by atoms with Gasteiger partial charge in [0.1, 0.15) is 10.9 Å². The Morgan fingerprint density at radius 3 is 2.48 bits per heavy atom. The molecule has 6 heteroatoms. The van der Waals surface area contributed by atoms with Crippen molar-refractivity contribution in [1.82, 2.24) is 9.91 Å². The van der Waals surface area contributed by atoms with Gasteiger partial charge in [-0.15, -0.1) is 0 Å². The molecule has 0 aromatic carbocycles. The Balaban J connectivity index is 2.47. The summed E-state index contributed by atoms with van der Waals surface area (Å²) < 4.78 is 5.46. The second-order valence-corrected chi connectivity index (χ2v) is 6.74. The van der Waals surface area contributed by atoms with Gasteiger partial charge in [0, 0.05) is 17.8 Å². The highest BCUT2D eigenvalue weighted by Crippen LogP contribution is 2.39. The van der Waals surface area contributed by atoms with E-state index in [1.807, 2.05) is 6.92 Å². The van der Waals surface area contributed by atoms with Crippen molar-refractivity contribution in [2.45, 2.75) is 53.2 Å². The summed E-state index contributed by atoms with van der Waals surface area (Å²) in [5.41, 5.74) is 3.77. The van der Waals surface area contributed by atoms with Crippen LogP contribution in [0.2, 0.25) is 0 Å². The molecule has 0 aromatic heterocycles. The number of ether oxygens (including phenoxy) is 1. The molecule has 0 bridgehead atoms. The van der Waals surface area contributed by atoms with Gasteiger partial charge in [0.15, 0.2) is 6.17 Å². The fourth-order valence-corrected chi connectivity index (χ4v) is 3.32. The second-order valence-electron chi connectivity index (χ2n) is 6.38. The van der Waals surface area contributed by atoms with Gasteiger partial charge in [-0.2, -0.15) is 0 Å². The molecule has 1 atom stereocenters. The first-order valence-electron chi connectivity index (χ1n) is 7.27. The van der Waals surface area contributed by atoms with Crippen LogP contribution in [0, 0.1) is 0 Å². The maximum Gasteiger partial charge on any atom is 0.159 e. The van der Waals surface area contributed by atoms with Crippen LogP contribution < -0.4 is 5.84 Å². The number of hydrazine groups is 1. The minimum atomic E-state index is -0.216. The molecule has 0 aliphatic carbocycles. The first-order chi connectivity index (χ1) is 9.70. The largest absolute Gasteiger partial charge is 0.378 e. The van der Waals surface area contributed by atoms with E-state index in [-0.39, 0.29) is 11.7 Å². The molecule has 2 heterocycles. The first kappa shape index (κ1) is 16.3. The fourth-order valence-electron chi connectivity index (χ4n) is 2.75. The molecule has 0 saturated heterocycles. The maximum absolute atomic E-state index is 6.65. The topological polar surface area (TPSA) is 54.1 Å². The molecule has 1 unspecified atom stereocenters. The Hall–Kier alpha value is -1.04. The predicted molar refractivity (Wildman–Crippen MR) is 86.6 cm³/mol. The second kappa shape index (κ2) is 5.63. The van der Waals surface area contributed by atoms with Gasteiger partial charge in [-0.1, -0.05) is 11.6 Å². The van der Waals surface area contributed by atoms with Crippen molar-refractivity contribution in [3.8, 4) is 0 Å². The van der Waals surface area contributed by atoms with Crippen LogP contribution in [0.5, 0.6) is 0 Å². The quantitative estimate of drug-likeness (QED) is 0.643. The summed E-state index contributed by atoms with van der Waals surface area (Å²) in [6.45, 7) is 13.6. The summed E-state index contributed by atoms with van der Waals surface area (Å²) in [6.07, 6.45) is -0.216. The van der Waals surface area contributed by atoms with Gasteiger partial charge in [0.25, 0.3) is 0 Å². The van der Waals surface area contributed by atoms with E-state index in [4.69, 9.17) is 27.2 Å². The van der Waals surface area contributed by atoms with E-state index in [0.29, 0.717) is 18.4 Å². The summed E-state index contributed by atoms with van der Waals surface area (Å²) in [5.74, 6) is 6.23. The molecular formula is C15H25ClN4O. The lowest BCUT2D eigenvalue weighted by atomic mass is 9.98. The molecule has 0 aromatic rings. The summed E-state index contributed by atoms with van der Waals surface area (Å²) in [7, 11) is 0. The van der Waals surface area contributed by atoms with E-state index in [1.54, 1.807) is 5.01 Å². The van der Waals surface area contributed by atoms with Crippen LogP contribution in [0.3, 0.4) is 0 Å². The zero-order valence-electron chi connectivity index (χ0n) is 13.7. The van der Waals surface area contributed by atoms with E-state index < -0.39 is 0 Å². The molecule has 0 spiro atoms. The Kier molecular flexibility index (Phi) is 4.38. The molecule has 2 rings (SSSR count). The lowest BCUT2D eigenvalue weighted by Gasteiger charge is -2.42. The molecule has 0 radical (unpaired) electrons.